The third-order valence-electron chi connectivity index (χ3n) is 2.72. The van der Waals surface area contributed by atoms with Crippen molar-refractivity contribution in [3.8, 4) is 0 Å². The van der Waals surface area contributed by atoms with Gasteiger partial charge in [0.15, 0.2) is 0 Å². The minimum absolute atomic E-state index is 0.0849. The lowest BCUT2D eigenvalue weighted by Gasteiger charge is -2.07. The Balaban J connectivity index is 2.14. The van der Waals surface area contributed by atoms with Gasteiger partial charge in [0.2, 0.25) is 10.0 Å². The number of rotatable bonds is 4. The molecule has 20 heavy (non-hydrogen) atoms. The summed E-state index contributed by atoms with van der Waals surface area (Å²) in [6.07, 6.45) is 1.58. The Hall–Kier alpha value is -1.99. The van der Waals surface area contributed by atoms with Crippen molar-refractivity contribution in [3.05, 3.63) is 53.6 Å². The molecule has 0 spiro atoms. The molecule has 5 nitrogen and oxygen atoms in total. The van der Waals surface area contributed by atoms with Crippen molar-refractivity contribution in [1.29, 1.82) is 0 Å². The molecule has 3 N–H and O–H groups in total. The molecular weight excluding hydrogens is 281 g/mol. The highest BCUT2D eigenvalue weighted by Crippen LogP contribution is 2.16. The Kier molecular flexibility index (Phi) is 4.01. The normalized spacial score (nSPS) is 11.5. The van der Waals surface area contributed by atoms with Crippen LogP contribution < -0.4 is 10.5 Å². The number of nitrogens with one attached hydrogen (secondary N) is 1. The first-order valence-corrected chi connectivity index (χ1v) is 7.33. The van der Waals surface area contributed by atoms with Gasteiger partial charge in [-0.15, -0.1) is 0 Å². The van der Waals surface area contributed by atoms with Gasteiger partial charge >= 0.3 is 0 Å². The molecule has 0 bridgehead atoms. The van der Waals surface area contributed by atoms with Gasteiger partial charge in [0.1, 0.15) is 5.82 Å². The Labute approximate surface area is 116 Å². The van der Waals surface area contributed by atoms with E-state index in [1.807, 2.05) is 6.92 Å². The van der Waals surface area contributed by atoms with Crippen molar-refractivity contribution < 1.29 is 12.8 Å². The van der Waals surface area contributed by atoms with E-state index in [9.17, 15) is 12.8 Å². The summed E-state index contributed by atoms with van der Waals surface area (Å²) in [7, 11) is -3.78. The summed E-state index contributed by atoms with van der Waals surface area (Å²) in [6.45, 7) is 1.92. The maximum absolute atomic E-state index is 13.3. The predicted molar refractivity (Wildman–Crippen MR) is 73.8 cm³/mol. The number of nitrogens with two attached hydrogens (primary N) is 1. The zero-order valence-corrected chi connectivity index (χ0v) is 11.6. The molecule has 0 saturated carbocycles. The van der Waals surface area contributed by atoms with E-state index in [0.29, 0.717) is 0 Å². The summed E-state index contributed by atoms with van der Waals surface area (Å²) in [4.78, 5) is 3.90. The number of aryl methyl sites for hydroxylation is 1. The molecule has 0 atom stereocenters. The van der Waals surface area contributed by atoms with Gasteiger partial charge in [0, 0.05) is 18.4 Å². The maximum Gasteiger partial charge on any atom is 0.240 e. The van der Waals surface area contributed by atoms with E-state index >= 15 is 0 Å². The maximum atomic E-state index is 13.3. The Morgan fingerprint density at radius 1 is 1.30 bits per heavy atom. The van der Waals surface area contributed by atoms with Gasteiger partial charge in [-0.1, -0.05) is 6.07 Å². The molecule has 1 heterocycles. The third-order valence-corrected chi connectivity index (χ3v) is 4.12. The molecule has 1 aromatic carbocycles. The van der Waals surface area contributed by atoms with Crippen LogP contribution in [0.2, 0.25) is 0 Å². The number of pyridine rings is 1. The highest BCUT2D eigenvalue weighted by Gasteiger charge is 2.15. The van der Waals surface area contributed by atoms with Crippen molar-refractivity contribution in [3.63, 3.8) is 0 Å². The van der Waals surface area contributed by atoms with Crippen LogP contribution in [0.25, 0.3) is 0 Å². The zero-order valence-electron chi connectivity index (χ0n) is 10.8. The van der Waals surface area contributed by atoms with E-state index < -0.39 is 15.8 Å². The first-order valence-electron chi connectivity index (χ1n) is 5.85. The molecule has 2 rings (SSSR count). The van der Waals surface area contributed by atoms with Crippen molar-refractivity contribution in [2.24, 2.45) is 0 Å². The largest absolute Gasteiger partial charge is 0.396 e. The average molecular weight is 295 g/mol. The molecule has 0 saturated heterocycles. The second kappa shape index (κ2) is 5.56. The van der Waals surface area contributed by atoms with Crippen LogP contribution in [0.4, 0.5) is 10.1 Å². The molecule has 1 aromatic heterocycles. The standard InChI is InChI=1S/C13H14FN3O2S/c1-9-2-3-10(7-16-9)8-17-20(18,19)11-4-5-13(15)12(14)6-11/h2-7,17H,8,15H2,1H3. The van der Waals surface area contributed by atoms with Gasteiger partial charge in [0.25, 0.3) is 0 Å². The van der Waals surface area contributed by atoms with Gasteiger partial charge < -0.3 is 5.73 Å². The first-order chi connectivity index (χ1) is 9.38. The van der Waals surface area contributed by atoms with Gasteiger partial charge in [-0.3, -0.25) is 4.98 Å². The van der Waals surface area contributed by atoms with Crippen LogP contribution in [0, 0.1) is 12.7 Å². The van der Waals surface area contributed by atoms with Crippen LogP contribution in [0.15, 0.2) is 41.4 Å². The van der Waals surface area contributed by atoms with E-state index in [-0.39, 0.29) is 17.1 Å². The summed E-state index contributed by atoms with van der Waals surface area (Å²) < 4.78 is 39.7. The predicted octanol–water partition coefficient (Wildman–Crippen LogP) is 1.59. The molecular formula is C13H14FN3O2S. The number of sulfonamides is 1. The molecule has 0 aliphatic heterocycles. The molecule has 0 amide bonds. The fourth-order valence-electron chi connectivity index (χ4n) is 1.54. The lowest BCUT2D eigenvalue weighted by atomic mass is 10.2. The lowest BCUT2D eigenvalue weighted by Crippen LogP contribution is -2.23. The number of anilines is 1. The van der Waals surface area contributed by atoms with Gasteiger partial charge in [-0.2, -0.15) is 0 Å². The highest BCUT2D eigenvalue weighted by atomic mass is 32.2. The van der Waals surface area contributed by atoms with Gasteiger partial charge in [0.05, 0.1) is 10.6 Å². The molecule has 0 aliphatic carbocycles. The number of halogens is 1. The number of nitrogens with zero attached hydrogens (tertiary/aromatic N) is 1. The number of benzene rings is 1. The molecule has 106 valence electrons. The molecule has 0 radical (unpaired) electrons. The summed E-state index contributed by atoms with van der Waals surface area (Å²) in [5.41, 5.74) is 6.78. The van der Waals surface area contributed by atoms with Gasteiger partial charge in [-0.25, -0.2) is 17.5 Å². The number of hydrogen-bond acceptors (Lipinski definition) is 4. The summed E-state index contributed by atoms with van der Waals surface area (Å²) in [6, 6.07) is 6.93. The van der Waals surface area contributed by atoms with Crippen LogP contribution >= 0.6 is 0 Å². The lowest BCUT2D eigenvalue weighted by molar-refractivity contribution is 0.578. The van der Waals surface area contributed by atoms with Crippen molar-refractivity contribution in [2.45, 2.75) is 18.4 Å². The quantitative estimate of drug-likeness (QED) is 0.839. The summed E-state index contributed by atoms with van der Waals surface area (Å²) in [5, 5.41) is 0. The van der Waals surface area contributed by atoms with Crippen molar-refractivity contribution in [1.82, 2.24) is 9.71 Å². The average Bonchev–Trinajstić information content (AvgIpc) is 2.41. The van der Waals surface area contributed by atoms with Crippen molar-refractivity contribution >= 4 is 15.7 Å². The monoisotopic (exact) mass is 295 g/mol. The number of aromatic nitrogens is 1. The van der Waals surface area contributed by atoms with Crippen LogP contribution in [0.5, 0.6) is 0 Å². The van der Waals surface area contributed by atoms with Crippen LogP contribution in [-0.4, -0.2) is 13.4 Å². The van der Waals surface area contributed by atoms with E-state index in [1.165, 1.54) is 12.1 Å². The van der Waals surface area contributed by atoms with E-state index in [1.54, 1.807) is 18.3 Å². The number of nitrogen functional groups attached to an aromatic ring is 1. The Morgan fingerprint density at radius 2 is 2.05 bits per heavy atom. The van der Waals surface area contributed by atoms with E-state index in [4.69, 9.17) is 5.73 Å². The van der Waals surface area contributed by atoms with E-state index in [2.05, 4.69) is 9.71 Å². The highest BCUT2D eigenvalue weighted by molar-refractivity contribution is 7.89. The summed E-state index contributed by atoms with van der Waals surface area (Å²) in [5.74, 6) is -0.759. The van der Waals surface area contributed by atoms with Crippen molar-refractivity contribution in [2.75, 3.05) is 5.73 Å². The molecule has 7 heteroatoms. The third kappa shape index (κ3) is 3.31. The second-order valence-corrected chi connectivity index (χ2v) is 6.08. The fraction of sp³-hybridized carbons (Fsp3) is 0.154. The first kappa shape index (κ1) is 14.4. The minimum Gasteiger partial charge on any atom is -0.396 e. The Bertz CT molecular complexity index is 715. The minimum atomic E-state index is -3.78. The SMILES string of the molecule is Cc1ccc(CNS(=O)(=O)c2ccc(N)c(F)c2)cn1. The van der Waals surface area contributed by atoms with Crippen LogP contribution in [0.1, 0.15) is 11.3 Å². The zero-order chi connectivity index (χ0) is 14.8. The fourth-order valence-corrected chi connectivity index (χ4v) is 2.57. The molecule has 0 aliphatic rings. The van der Waals surface area contributed by atoms with E-state index in [0.717, 1.165) is 17.3 Å². The smallest absolute Gasteiger partial charge is 0.240 e. The topological polar surface area (TPSA) is 85.1 Å². The Morgan fingerprint density at radius 3 is 2.65 bits per heavy atom. The molecule has 0 unspecified atom stereocenters. The second-order valence-electron chi connectivity index (χ2n) is 4.32. The van der Waals surface area contributed by atoms with Crippen LogP contribution in [0.3, 0.4) is 0 Å². The molecule has 0 fully saturated rings. The van der Waals surface area contributed by atoms with Crippen LogP contribution in [-0.2, 0) is 16.6 Å². The molecule has 2 aromatic rings. The summed E-state index contributed by atoms with van der Waals surface area (Å²) >= 11 is 0. The van der Waals surface area contributed by atoms with Gasteiger partial charge in [-0.05, 0) is 36.8 Å². The number of hydrogen-bond donors (Lipinski definition) is 2.